The first kappa shape index (κ1) is 14.5. The van der Waals surface area contributed by atoms with Crippen LogP contribution in [0.2, 0.25) is 0 Å². The normalized spacial score (nSPS) is 21.8. The van der Waals surface area contributed by atoms with E-state index in [9.17, 15) is 21.6 Å². The summed E-state index contributed by atoms with van der Waals surface area (Å²) in [6, 6.07) is 4.47. The number of sulfonamides is 1. The molecule has 0 bridgehead atoms. The van der Waals surface area contributed by atoms with Gasteiger partial charge < -0.3 is 5.32 Å². The number of carbonyl (C=O) groups excluding carboxylic acids is 1. The van der Waals surface area contributed by atoms with Crippen molar-refractivity contribution in [3.63, 3.8) is 0 Å². The van der Waals surface area contributed by atoms with Crippen molar-refractivity contribution in [3.8, 4) is 0 Å². The Morgan fingerprint density at radius 2 is 1.81 bits per heavy atom. The van der Waals surface area contributed by atoms with Crippen LogP contribution in [-0.2, 0) is 31.1 Å². The molecule has 114 valence electrons. The zero-order chi connectivity index (χ0) is 15.3. The predicted molar refractivity (Wildman–Crippen MR) is 76.2 cm³/mol. The summed E-state index contributed by atoms with van der Waals surface area (Å²) in [5, 5.41) is 2.64. The molecule has 7 nitrogen and oxygen atoms in total. The topological polar surface area (TPSA) is 101 Å². The van der Waals surface area contributed by atoms with Crippen LogP contribution in [0, 0.1) is 0 Å². The highest BCUT2D eigenvalue weighted by atomic mass is 32.2. The summed E-state index contributed by atoms with van der Waals surface area (Å²) in [5.74, 6) is -0.474. The summed E-state index contributed by atoms with van der Waals surface area (Å²) in [4.78, 5) is 11.4. The molecule has 2 aliphatic rings. The maximum absolute atomic E-state index is 12.5. The number of fused-ring (bicyclic) bond motifs is 1. The van der Waals surface area contributed by atoms with Gasteiger partial charge in [0.2, 0.25) is 15.9 Å². The molecule has 3 rings (SSSR count). The fourth-order valence-electron chi connectivity index (χ4n) is 2.45. The minimum atomic E-state index is -3.72. The van der Waals surface area contributed by atoms with Crippen molar-refractivity contribution in [2.75, 3.05) is 29.9 Å². The van der Waals surface area contributed by atoms with Gasteiger partial charge in [0.15, 0.2) is 9.84 Å². The van der Waals surface area contributed by atoms with Gasteiger partial charge in [-0.15, -0.1) is 0 Å². The third-order valence-electron chi connectivity index (χ3n) is 3.64. The Morgan fingerprint density at radius 3 is 2.48 bits per heavy atom. The van der Waals surface area contributed by atoms with E-state index in [1.165, 1.54) is 16.4 Å². The zero-order valence-electron chi connectivity index (χ0n) is 11.1. The lowest BCUT2D eigenvalue weighted by molar-refractivity contribution is -0.115. The molecule has 21 heavy (non-hydrogen) atoms. The Balaban J connectivity index is 1.90. The zero-order valence-corrected chi connectivity index (χ0v) is 12.7. The molecule has 0 unspecified atom stereocenters. The second kappa shape index (κ2) is 4.79. The lowest BCUT2D eigenvalue weighted by Gasteiger charge is -2.26. The predicted octanol–water partition coefficient (Wildman–Crippen LogP) is -0.400. The molecule has 1 saturated heterocycles. The van der Waals surface area contributed by atoms with Gasteiger partial charge in [-0.1, -0.05) is 0 Å². The first-order valence-corrected chi connectivity index (χ1v) is 9.67. The van der Waals surface area contributed by atoms with E-state index in [1.54, 1.807) is 6.07 Å². The summed E-state index contributed by atoms with van der Waals surface area (Å²) < 4.78 is 49.0. The van der Waals surface area contributed by atoms with Gasteiger partial charge >= 0.3 is 0 Å². The molecular weight excluding hydrogens is 316 g/mol. The lowest BCUT2D eigenvalue weighted by atomic mass is 10.2. The molecule has 9 heteroatoms. The van der Waals surface area contributed by atoms with Crippen molar-refractivity contribution in [2.45, 2.75) is 11.3 Å². The number of carbonyl (C=O) groups is 1. The number of hydrogen-bond acceptors (Lipinski definition) is 5. The third-order valence-corrected chi connectivity index (χ3v) is 7.15. The van der Waals surface area contributed by atoms with Crippen molar-refractivity contribution >= 4 is 31.5 Å². The molecule has 2 heterocycles. The standard InChI is InChI=1S/C12H14N2O5S2/c15-12-8-9-7-10(1-2-11(9)13-12)21(18,19)14-3-5-20(16,17)6-4-14/h1-2,7H,3-6,8H2,(H,13,15). The molecule has 0 saturated carbocycles. The van der Waals surface area contributed by atoms with Crippen LogP contribution in [-0.4, -0.2) is 51.6 Å². The molecule has 1 N–H and O–H groups in total. The van der Waals surface area contributed by atoms with E-state index >= 15 is 0 Å². The van der Waals surface area contributed by atoms with E-state index in [-0.39, 0.29) is 41.8 Å². The molecule has 1 aromatic carbocycles. The average Bonchev–Trinajstić information content (AvgIpc) is 2.77. The maximum atomic E-state index is 12.5. The Labute approximate surface area is 122 Å². The molecule has 0 aromatic heterocycles. The minimum Gasteiger partial charge on any atom is -0.326 e. The Bertz CT molecular complexity index is 800. The second-order valence-electron chi connectivity index (χ2n) is 5.10. The number of rotatable bonds is 2. The molecular formula is C12H14N2O5S2. The van der Waals surface area contributed by atoms with Gasteiger partial charge in [-0.25, -0.2) is 16.8 Å². The Kier molecular flexibility index (Phi) is 3.30. The minimum absolute atomic E-state index is 0.0288. The molecule has 1 amide bonds. The Morgan fingerprint density at radius 1 is 1.14 bits per heavy atom. The number of nitrogens with zero attached hydrogens (tertiary/aromatic N) is 1. The summed E-state index contributed by atoms with van der Waals surface area (Å²) in [6.07, 6.45) is 0.160. The summed E-state index contributed by atoms with van der Waals surface area (Å²) >= 11 is 0. The van der Waals surface area contributed by atoms with Crippen LogP contribution in [0.1, 0.15) is 5.56 Å². The number of amides is 1. The SMILES string of the molecule is O=C1Cc2cc(S(=O)(=O)N3CCS(=O)(=O)CC3)ccc2N1. The van der Waals surface area contributed by atoms with Crippen molar-refractivity contribution in [3.05, 3.63) is 23.8 Å². The number of anilines is 1. The van der Waals surface area contributed by atoms with Crippen LogP contribution in [0.3, 0.4) is 0 Å². The van der Waals surface area contributed by atoms with Gasteiger partial charge in [0, 0.05) is 18.8 Å². The first-order valence-electron chi connectivity index (χ1n) is 6.41. The van der Waals surface area contributed by atoms with Crippen LogP contribution in [0.5, 0.6) is 0 Å². The van der Waals surface area contributed by atoms with E-state index in [0.29, 0.717) is 11.3 Å². The molecule has 0 atom stereocenters. The van der Waals surface area contributed by atoms with Crippen molar-refractivity contribution in [1.82, 2.24) is 4.31 Å². The van der Waals surface area contributed by atoms with Crippen molar-refractivity contribution < 1.29 is 21.6 Å². The number of benzene rings is 1. The van der Waals surface area contributed by atoms with E-state index in [2.05, 4.69) is 5.32 Å². The van der Waals surface area contributed by atoms with Crippen molar-refractivity contribution in [2.24, 2.45) is 0 Å². The van der Waals surface area contributed by atoms with Gasteiger partial charge in [0.25, 0.3) is 0 Å². The third kappa shape index (κ3) is 2.68. The molecule has 2 aliphatic heterocycles. The van der Waals surface area contributed by atoms with E-state index < -0.39 is 19.9 Å². The number of sulfone groups is 1. The fraction of sp³-hybridized carbons (Fsp3) is 0.417. The molecule has 1 aromatic rings. The highest BCUT2D eigenvalue weighted by molar-refractivity contribution is 7.92. The monoisotopic (exact) mass is 330 g/mol. The summed E-state index contributed by atoms with van der Waals surface area (Å²) in [6.45, 7) is -0.0577. The smallest absolute Gasteiger partial charge is 0.243 e. The van der Waals surface area contributed by atoms with Gasteiger partial charge in [-0.2, -0.15) is 4.31 Å². The highest BCUT2D eigenvalue weighted by Gasteiger charge is 2.32. The second-order valence-corrected chi connectivity index (χ2v) is 9.34. The van der Waals surface area contributed by atoms with Crippen molar-refractivity contribution in [1.29, 1.82) is 0 Å². The van der Waals surface area contributed by atoms with E-state index in [1.807, 2.05) is 0 Å². The van der Waals surface area contributed by atoms with Crippen LogP contribution >= 0.6 is 0 Å². The summed E-state index contributed by atoms with van der Waals surface area (Å²) in [7, 11) is -6.86. The van der Waals surface area contributed by atoms with E-state index in [0.717, 1.165) is 0 Å². The highest BCUT2D eigenvalue weighted by Crippen LogP contribution is 2.27. The summed E-state index contributed by atoms with van der Waals surface area (Å²) in [5.41, 5.74) is 1.27. The van der Waals surface area contributed by atoms with Crippen LogP contribution in [0.4, 0.5) is 5.69 Å². The van der Waals surface area contributed by atoms with Crippen LogP contribution in [0.25, 0.3) is 0 Å². The molecule has 0 aliphatic carbocycles. The average molecular weight is 330 g/mol. The van der Waals surface area contributed by atoms with Gasteiger partial charge in [0.05, 0.1) is 22.8 Å². The number of nitrogens with one attached hydrogen (secondary N) is 1. The van der Waals surface area contributed by atoms with E-state index in [4.69, 9.17) is 0 Å². The van der Waals surface area contributed by atoms with Crippen LogP contribution in [0.15, 0.2) is 23.1 Å². The number of hydrogen-bond donors (Lipinski definition) is 1. The van der Waals surface area contributed by atoms with Gasteiger partial charge in [0.1, 0.15) is 0 Å². The van der Waals surface area contributed by atoms with Crippen LogP contribution < -0.4 is 5.32 Å². The fourth-order valence-corrected chi connectivity index (χ4v) is 5.38. The largest absolute Gasteiger partial charge is 0.326 e. The molecule has 0 radical (unpaired) electrons. The lowest BCUT2D eigenvalue weighted by Crippen LogP contribution is -2.43. The Hall–Kier alpha value is -1.45. The van der Waals surface area contributed by atoms with Gasteiger partial charge in [-0.05, 0) is 23.8 Å². The first-order chi connectivity index (χ1) is 9.78. The molecule has 0 spiro atoms. The quantitative estimate of drug-likeness (QED) is 0.795. The maximum Gasteiger partial charge on any atom is 0.243 e. The molecule has 1 fully saturated rings. The van der Waals surface area contributed by atoms with Gasteiger partial charge in [-0.3, -0.25) is 4.79 Å².